The normalized spacial score (nSPS) is 15.5. The zero-order valence-corrected chi connectivity index (χ0v) is 15.3. The Morgan fingerprint density at radius 1 is 1.00 bits per heavy atom. The quantitative estimate of drug-likeness (QED) is 0.717. The third-order valence-electron chi connectivity index (χ3n) is 4.71. The molecule has 2 aromatic rings. The number of unbranched alkanes of at least 4 members (excludes halogenated alkanes) is 1. The van der Waals surface area contributed by atoms with Crippen molar-refractivity contribution in [3.63, 3.8) is 0 Å². The van der Waals surface area contributed by atoms with Crippen LogP contribution in [-0.2, 0) is 11.3 Å². The van der Waals surface area contributed by atoms with E-state index >= 15 is 0 Å². The van der Waals surface area contributed by atoms with Crippen LogP contribution < -0.4 is 0 Å². The number of hydrogen-bond donors (Lipinski definition) is 0. The molecule has 0 unspecified atom stereocenters. The van der Waals surface area contributed by atoms with E-state index < -0.39 is 0 Å². The number of pyridine rings is 1. The topological polar surface area (TPSA) is 36.4 Å². The Bertz CT molecular complexity index is 692. The molecule has 0 N–H and O–H groups in total. The average molecular weight is 349 g/mol. The number of rotatable bonds is 7. The molecule has 0 saturated carbocycles. The van der Waals surface area contributed by atoms with E-state index in [-0.39, 0.29) is 5.91 Å². The minimum Gasteiger partial charge on any atom is -0.340 e. The van der Waals surface area contributed by atoms with Crippen molar-refractivity contribution in [2.24, 2.45) is 0 Å². The highest BCUT2D eigenvalue weighted by Crippen LogP contribution is 2.10. The number of benzene rings is 1. The Morgan fingerprint density at radius 2 is 1.77 bits per heavy atom. The van der Waals surface area contributed by atoms with E-state index in [9.17, 15) is 4.79 Å². The van der Waals surface area contributed by atoms with Crippen LogP contribution in [0.15, 0.2) is 60.8 Å². The van der Waals surface area contributed by atoms with Crippen molar-refractivity contribution in [3.05, 3.63) is 72.1 Å². The summed E-state index contributed by atoms with van der Waals surface area (Å²) in [6.45, 7) is 4.58. The summed E-state index contributed by atoms with van der Waals surface area (Å²) in [4.78, 5) is 21.1. The summed E-state index contributed by atoms with van der Waals surface area (Å²) in [5.74, 6) is 0.288. The van der Waals surface area contributed by atoms with E-state index in [0.29, 0.717) is 6.42 Å². The molecule has 1 aromatic heterocycles. The lowest BCUT2D eigenvalue weighted by atomic mass is 10.1. The fourth-order valence-electron chi connectivity index (χ4n) is 3.20. The molecular weight excluding hydrogens is 322 g/mol. The number of piperazine rings is 1. The highest BCUT2D eigenvalue weighted by molar-refractivity contribution is 5.76. The second-order valence-corrected chi connectivity index (χ2v) is 6.69. The predicted molar refractivity (Wildman–Crippen MR) is 105 cm³/mol. The number of amides is 1. The maximum absolute atomic E-state index is 12.4. The van der Waals surface area contributed by atoms with Gasteiger partial charge in [-0.15, -0.1) is 0 Å². The highest BCUT2D eigenvalue weighted by atomic mass is 16.2. The number of carbonyl (C=O) groups is 1. The molecule has 26 heavy (non-hydrogen) atoms. The van der Waals surface area contributed by atoms with Crippen molar-refractivity contribution >= 4 is 12.0 Å². The lowest BCUT2D eigenvalue weighted by Crippen LogP contribution is -2.48. The Labute approximate surface area is 156 Å². The molecule has 3 rings (SSSR count). The van der Waals surface area contributed by atoms with E-state index in [4.69, 9.17) is 0 Å². The molecule has 1 aliphatic rings. The van der Waals surface area contributed by atoms with Crippen molar-refractivity contribution in [3.8, 4) is 0 Å². The first-order chi connectivity index (χ1) is 12.8. The zero-order valence-electron chi connectivity index (χ0n) is 15.3. The molecule has 0 radical (unpaired) electrons. The average Bonchev–Trinajstić information content (AvgIpc) is 2.70. The molecule has 0 spiro atoms. The van der Waals surface area contributed by atoms with E-state index in [1.165, 1.54) is 5.56 Å². The summed E-state index contributed by atoms with van der Waals surface area (Å²) in [6, 6.07) is 16.4. The van der Waals surface area contributed by atoms with Gasteiger partial charge in [0.25, 0.3) is 0 Å². The number of carbonyl (C=O) groups excluding carboxylic acids is 1. The number of allylic oxidation sites excluding steroid dienone is 1. The molecule has 1 fully saturated rings. The van der Waals surface area contributed by atoms with E-state index in [0.717, 1.165) is 51.3 Å². The van der Waals surface area contributed by atoms with Crippen LogP contribution in [-0.4, -0.2) is 46.9 Å². The van der Waals surface area contributed by atoms with E-state index in [1.807, 2.05) is 35.2 Å². The first kappa shape index (κ1) is 18.3. The van der Waals surface area contributed by atoms with Crippen molar-refractivity contribution in [2.75, 3.05) is 26.2 Å². The van der Waals surface area contributed by atoms with Gasteiger partial charge in [0.15, 0.2) is 0 Å². The van der Waals surface area contributed by atoms with E-state index in [2.05, 4.69) is 40.2 Å². The SMILES string of the molecule is O=C(CCCC=Cc1ccccn1)N1CCN(Cc2ccccc2)CC1. The molecule has 0 bridgehead atoms. The summed E-state index contributed by atoms with van der Waals surface area (Å²) in [6.07, 6.45) is 8.36. The number of nitrogens with zero attached hydrogens (tertiary/aromatic N) is 3. The zero-order chi connectivity index (χ0) is 18.0. The van der Waals surface area contributed by atoms with Gasteiger partial charge in [0, 0.05) is 45.3 Å². The van der Waals surface area contributed by atoms with Crippen LogP contribution in [0.4, 0.5) is 0 Å². The standard InChI is InChI=1S/C22H27N3O/c26-22(13-6-2-5-11-21-12-7-8-14-23-21)25-17-15-24(16-18-25)19-20-9-3-1-4-10-20/h1,3-5,7-12,14H,2,6,13,15-19H2. The van der Waals surface area contributed by atoms with Gasteiger partial charge in [-0.3, -0.25) is 14.7 Å². The predicted octanol–water partition coefficient (Wildman–Crippen LogP) is 3.61. The molecule has 136 valence electrons. The minimum atomic E-state index is 0.288. The maximum atomic E-state index is 12.4. The smallest absolute Gasteiger partial charge is 0.222 e. The molecule has 1 aliphatic heterocycles. The van der Waals surface area contributed by atoms with Gasteiger partial charge in [-0.25, -0.2) is 0 Å². The van der Waals surface area contributed by atoms with Gasteiger partial charge in [-0.1, -0.05) is 42.5 Å². The number of aromatic nitrogens is 1. The highest BCUT2D eigenvalue weighted by Gasteiger charge is 2.20. The monoisotopic (exact) mass is 349 g/mol. The molecule has 0 aliphatic carbocycles. The molecule has 0 atom stereocenters. The Kier molecular flexibility index (Phi) is 6.96. The minimum absolute atomic E-state index is 0.288. The molecule has 4 nitrogen and oxygen atoms in total. The fraction of sp³-hybridized carbons (Fsp3) is 0.364. The maximum Gasteiger partial charge on any atom is 0.222 e. The molecule has 4 heteroatoms. The molecule has 1 saturated heterocycles. The van der Waals surface area contributed by atoms with Gasteiger partial charge >= 0.3 is 0 Å². The van der Waals surface area contributed by atoms with Crippen molar-refractivity contribution in [1.82, 2.24) is 14.8 Å². The lowest BCUT2D eigenvalue weighted by molar-refractivity contribution is -0.133. The molecule has 1 amide bonds. The molecule has 2 heterocycles. The second-order valence-electron chi connectivity index (χ2n) is 6.69. The first-order valence-corrected chi connectivity index (χ1v) is 9.43. The number of hydrogen-bond acceptors (Lipinski definition) is 3. The first-order valence-electron chi connectivity index (χ1n) is 9.43. The Morgan fingerprint density at radius 3 is 2.50 bits per heavy atom. The lowest BCUT2D eigenvalue weighted by Gasteiger charge is -2.34. The van der Waals surface area contributed by atoms with Gasteiger partial charge in [-0.2, -0.15) is 0 Å². The van der Waals surface area contributed by atoms with Crippen LogP contribution >= 0.6 is 0 Å². The van der Waals surface area contributed by atoms with E-state index in [1.54, 1.807) is 6.20 Å². The Hall–Kier alpha value is -2.46. The van der Waals surface area contributed by atoms with Crippen LogP contribution in [0.1, 0.15) is 30.5 Å². The third kappa shape index (κ3) is 5.81. The third-order valence-corrected chi connectivity index (χ3v) is 4.71. The Balaban J connectivity index is 1.33. The molecular formula is C22H27N3O. The summed E-state index contributed by atoms with van der Waals surface area (Å²) in [5.41, 5.74) is 2.31. The van der Waals surface area contributed by atoms with Crippen LogP contribution in [0, 0.1) is 0 Å². The largest absolute Gasteiger partial charge is 0.340 e. The van der Waals surface area contributed by atoms with Gasteiger partial charge in [-0.05, 0) is 36.6 Å². The van der Waals surface area contributed by atoms with Crippen molar-refractivity contribution < 1.29 is 4.79 Å². The van der Waals surface area contributed by atoms with Crippen molar-refractivity contribution in [1.29, 1.82) is 0 Å². The summed E-state index contributed by atoms with van der Waals surface area (Å²) >= 11 is 0. The van der Waals surface area contributed by atoms with Crippen molar-refractivity contribution in [2.45, 2.75) is 25.8 Å². The summed E-state index contributed by atoms with van der Waals surface area (Å²) in [7, 11) is 0. The van der Waals surface area contributed by atoms with Gasteiger partial charge in [0.1, 0.15) is 0 Å². The molecule has 1 aromatic carbocycles. The van der Waals surface area contributed by atoms with Gasteiger partial charge in [0.2, 0.25) is 5.91 Å². The van der Waals surface area contributed by atoms with Crippen LogP contribution in [0.2, 0.25) is 0 Å². The van der Waals surface area contributed by atoms with Gasteiger partial charge < -0.3 is 4.90 Å². The van der Waals surface area contributed by atoms with Crippen LogP contribution in [0.3, 0.4) is 0 Å². The van der Waals surface area contributed by atoms with Gasteiger partial charge in [0.05, 0.1) is 5.69 Å². The fourth-order valence-corrected chi connectivity index (χ4v) is 3.20. The summed E-state index contributed by atoms with van der Waals surface area (Å²) in [5, 5.41) is 0. The summed E-state index contributed by atoms with van der Waals surface area (Å²) < 4.78 is 0. The van der Waals surface area contributed by atoms with Crippen LogP contribution in [0.25, 0.3) is 6.08 Å². The second kappa shape index (κ2) is 9.88. The van der Waals surface area contributed by atoms with Crippen LogP contribution in [0.5, 0.6) is 0 Å².